The van der Waals surface area contributed by atoms with Gasteiger partial charge in [0.2, 0.25) is 0 Å². The third kappa shape index (κ3) is 6.56. The third-order valence-electron chi connectivity index (χ3n) is 6.78. The molecule has 2 N–H and O–H groups in total. The number of alkyl carbamates (subject to hydrolysis) is 1. The second-order valence-electron chi connectivity index (χ2n) is 11.4. The van der Waals surface area contributed by atoms with E-state index < -0.39 is 5.60 Å². The number of benzene rings is 2. The minimum atomic E-state index is -0.502. The van der Waals surface area contributed by atoms with Gasteiger partial charge in [0.05, 0.1) is 6.20 Å². The van der Waals surface area contributed by atoms with Crippen molar-refractivity contribution >= 4 is 6.09 Å². The minimum Gasteiger partial charge on any atom is -0.490 e. The first kappa shape index (κ1) is 27.1. The van der Waals surface area contributed by atoms with E-state index in [1.54, 1.807) is 29.3 Å². The smallest absolute Gasteiger partial charge is 0.409 e. The van der Waals surface area contributed by atoms with E-state index in [2.05, 4.69) is 63.7 Å². The lowest BCUT2D eigenvalue weighted by Crippen LogP contribution is -2.50. The Morgan fingerprint density at radius 2 is 1.57 bits per heavy atom. The van der Waals surface area contributed by atoms with Crippen molar-refractivity contribution in [1.82, 2.24) is 25.6 Å². The van der Waals surface area contributed by atoms with E-state index in [9.17, 15) is 4.79 Å². The fraction of sp³-hybridized carbons (Fsp3) is 0.367. The Balaban J connectivity index is 1.15. The number of aromatic amines is 1. The highest BCUT2D eigenvalue weighted by Crippen LogP contribution is 2.35. The summed E-state index contributed by atoms with van der Waals surface area (Å²) in [5.74, 6) is 2.38. The third-order valence-corrected chi connectivity index (χ3v) is 6.78. The lowest BCUT2D eigenvalue weighted by atomic mass is 9.78. The average Bonchev–Trinajstić information content (AvgIpc) is 3.42. The first-order valence-electron chi connectivity index (χ1n) is 13.3. The van der Waals surface area contributed by atoms with Crippen LogP contribution in [0.3, 0.4) is 0 Å². The zero-order valence-electron chi connectivity index (χ0n) is 23.4. The molecule has 0 aliphatic heterocycles. The van der Waals surface area contributed by atoms with Gasteiger partial charge in [0.1, 0.15) is 35.6 Å². The Hall–Kier alpha value is -4.47. The summed E-state index contributed by atoms with van der Waals surface area (Å²) >= 11 is 0. The summed E-state index contributed by atoms with van der Waals surface area (Å²) < 4.78 is 19.0. The summed E-state index contributed by atoms with van der Waals surface area (Å²) in [4.78, 5) is 20.6. The number of aromatic nitrogens is 5. The van der Waals surface area contributed by atoms with Crippen molar-refractivity contribution < 1.29 is 23.7 Å². The quantitative estimate of drug-likeness (QED) is 0.300. The summed E-state index contributed by atoms with van der Waals surface area (Å²) in [6, 6.07) is 18.0. The summed E-state index contributed by atoms with van der Waals surface area (Å²) in [7, 11) is 0. The van der Waals surface area contributed by atoms with E-state index in [0.29, 0.717) is 17.6 Å². The van der Waals surface area contributed by atoms with Gasteiger partial charge in [0.15, 0.2) is 0 Å². The Morgan fingerprint density at radius 3 is 2.17 bits per heavy atom. The molecule has 2 aromatic heterocycles. The highest BCUT2D eigenvalue weighted by Gasteiger charge is 2.33. The first-order valence-corrected chi connectivity index (χ1v) is 13.3. The van der Waals surface area contributed by atoms with Gasteiger partial charge in [-0.1, -0.05) is 48.2 Å². The standard InChI is InChI=1S/C30H34N6O4/c1-29(2,3)40-28(37)33-22-18-25(19-22)38-23-10-6-20(7-11-23)30(4,5)21-8-12-24(13-9-21)39-26-14-15-31-27(34-26)36-17-16-32-35-36/h6-17,22,25H,18-19H2,1-5H3,(H,33,37)/p+1. The molecule has 10 nitrogen and oxygen atoms in total. The molecule has 0 spiro atoms. The predicted octanol–water partition coefficient (Wildman–Crippen LogP) is 5.03. The number of hydrogen-bond donors (Lipinski definition) is 2. The van der Waals surface area contributed by atoms with Crippen LogP contribution in [0.2, 0.25) is 0 Å². The van der Waals surface area contributed by atoms with Crippen LogP contribution in [0.15, 0.2) is 73.2 Å². The molecule has 1 aliphatic rings. The molecule has 4 aromatic rings. The van der Waals surface area contributed by atoms with Crippen molar-refractivity contribution in [3.63, 3.8) is 0 Å². The van der Waals surface area contributed by atoms with Crippen molar-refractivity contribution in [3.05, 3.63) is 84.3 Å². The molecule has 0 unspecified atom stereocenters. The number of carbonyl (C=O) groups excluding carboxylic acids is 1. The maximum atomic E-state index is 11.9. The molecular formula is C30H35N6O4+. The van der Waals surface area contributed by atoms with Crippen molar-refractivity contribution in [2.24, 2.45) is 0 Å². The number of H-pyrrole nitrogens is 1. The molecule has 208 valence electrons. The van der Waals surface area contributed by atoms with Gasteiger partial charge in [-0.2, -0.15) is 0 Å². The average molecular weight is 544 g/mol. The normalized spacial score (nSPS) is 17.0. The molecule has 1 aliphatic carbocycles. The van der Waals surface area contributed by atoms with E-state index in [4.69, 9.17) is 14.2 Å². The molecule has 1 amide bonds. The van der Waals surface area contributed by atoms with Crippen LogP contribution in [-0.2, 0) is 10.2 Å². The van der Waals surface area contributed by atoms with Gasteiger partial charge >= 0.3 is 12.0 Å². The maximum absolute atomic E-state index is 11.9. The van der Waals surface area contributed by atoms with Gasteiger partial charge < -0.3 is 19.5 Å². The number of nitrogens with zero attached hydrogens (tertiary/aromatic N) is 4. The molecule has 0 saturated heterocycles. The van der Waals surface area contributed by atoms with Crippen molar-refractivity contribution in [2.75, 3.05) is 0 Å². The van der Waals surface area contributed by atoms with Gasteiger partial charge in [-0.15, -0.1) is 14.9 Å². The number of hydrogen-bond acceptors (Lipinski definition) is 7. The van der Waals surface area contributed by atoms with E-state index in [-0.39, 0.29) is 23.7 Å². The number of nitrogens with one attached hydrogen (secondary N) is 2. The molecule has 1 saturated carbocycles. The van der Waals surface area contributed by atoms with Crippen LogP contribution < -0.4 is 19.5 Å². The Kier molecular flexibility index (Phi) is 7.42. The van der Waals surface area contributed by atoms with Gasteiger partial charge in [-0.25, -0.2) is 4.79 Å². The molecule has 40 heavy (non-hydrogen) atoms. The van der Waals surface area contributed by atoms with Gasteiger partial charge in [-0.05, 0) is 56.2 Å². The number of rotatable bonds is 8. The van der Waals surface area contributed by atoms with Gasteiger partial charge in [0.25, 0.3) is 5.88 Å². The minimum absolute atomic E-state index is 0.0791. The highest BCUT2D eigenvalue weighted by atomic mass is 16.6. The molecule has 0 radical (unpaired) electrons. The van der Waals surface area contributed by atoms with Crippen molar-refractivity contribution in [3.8, 4) is 23.3 Å². The van der Waals surface area contributed by atoms with E-state index in [0.717, 1.165) is 24.2 Å². The van der Waals surface area contributed by atoms with Crippen LogP contribution in [0.4, 0.5) is 4.79 Å². The van der Waals surface area contributed by atoms with E-state index in [1.807, 2.05) is 45.0 Å². The summed E-state index contributed by atoms with van der Waals surface area (Å²) in [6.45, 7) is 9.95. The molecule has 2 heterocycles. The van der Waals surface area contributed by atoms with Crippen LogP contribution in [0.1, 0.15) is 58.6 Å². The van der Waals surface area contributed by atoms with Crippen LogP contribution in [0.5, 0.6) is 17.4 Å². The fourth-order valence-corrected chi connectivity index (χ4v) is 4.47. The highest BCUT2D eigenvalue weighted by molar-refractivity contribution is 5.68. The van der Waals surface area contributed by atoms with Crippen LogP contribution in [0.25, 0.3) is 5.95 Å². The molecule has 5 rings (SSSR count). The van der Waals surface area contributed by atoms with E-state index >= 15 is 0 Å². The molecule has 10 heteroatoms. The summed E-state index contributed by atoms with van der Waals surface area (Å²) in [5, 5.41) is 9.58. The largest absolute Gasteiger partial charge is 0.490 e. The zero-order chi connectivity index (χ0) is 28.3. The topological polar surface area (TPSA) is 115 Å². The lowest BCUT2D eigenvalue weighted by molar-refractivity contribution is -0.666. The van der Waals surface area contributed by atoms with Crippen molar-refractivity contribution in [1.29, 1.82) is 0 Å². The SMILES string of the molecule is CC(C)(C)OC(=O)NC1CC(Oc2ccc(C(C)(C)c3ccc(Oc4ccnc(-[n+]5ccn[nH]5)n4)cc3)cc2)C1. The summed E-state index contributed by atoms with van der Waals surface area (Å²) in [5.41, 5.74) is 1.59. The predicted molar refractivity (Wildman–Crippen MR) is 148 cm³/mol. The molecular weight excluding hydrogens is 508 g/mol. The fourth-order valence-electron chi connectivity index (χ4n) is 4.47. The second-order valence-corrected chi connectivity index (χ2v) is 11.4. The maximum Gasteiger partial charge on any atom is 0.409 e. The Labute approximate surface area is 233 Å². The Morgan fingerprint density at radius 1 is 0.925 bits per heavy atom. The molecule has 2 aromatic carbocycles. The molecule has 0 bridgehead atoms. The molecule has 0 atom stereocenters. The second kappa shape index (κ2) is 11.0. The van der Waals surface area contributed by atoms with Crippen LogP contribution >= 0.6 is 0 Å². The Bertz CT molecular complexity index is 1420. The summed E-state index contributed by atoms with van der Waals surface area (Å²) in [6.07, 6.45) is 6.21. The van der Waals surface area contributed by atoms with Crippen molar-refractivity contribution in [2.45, 2.75) is 70.6 Å². The number of ether oxygens (including phenoxy) is 3. The van der Waals surface area contributed by atoms with E-state index in [1.165, 1.54) is 5.56 Å². The van der Waals surface area contributed by atoms with Gasteiger partial charge in [-0.3, -0.25) is 0 Å². The first-order chi connectivity index (χ1) is 19.0. The van der Waals surface area contributed by atoms with Gasteiger partial charge in [0, 0.05) is 30.4 Å². The zero-order valence-corrected chi connectivity index (χ0v) is 23.4. The number of amides is 1. The van der Waals surface area contributed by atoms with Crippen LogP contribution in [0, 0.1) is 0 Å². The van der Waals surface area contributed by atoms with Crippen LogP contribution in [-0.4, -0.2) is 44.1 Å². The monoisotopic (exact) mass is 543 g/mol. The molecule has 1 fully saturated rings. The number of carbonyl (C=O) groups is 1. The lowest BCUT2D eigenvalue weighted by Gasteiger charge is -2.36.